The summed E-state index contributed by atoms with van der Waals surface area (Å²) in [6.07, 6.45) is 16.3. The molecule has 0 amide bonds. The van der Waals surface area contributed by atoms with Gasteiger partial charge >= 0.3 is 150 Å². The van der Waals surface area contributed by atoms with Crippen molar-refractivity contribution in [3.05, 3.63) is 35.9 Å². The van der Waals surface area contributed by atoms with Gasteiger partial charge in [-0.2, -0.15) is 0 Å². The summed E-state index contributed by atoms with van der Waals surface area (Å²) in [5.74, 6) is -2.03. The van der Waals surface area contributed by atoms with Crippen LogP contribution in [0.4, 0.5) is 0 Å². The van der Waals surface area contributed by atoms with E-state index in [2.05, 4.69) is 50.6 Å². The van der Waals surface area contributed by atoms with E-state index in [-0.39, 0.29) is 0 Å². The number of rotatable bonds is 13. The molecule has 0 heterocycles. The normalized spacial score (nSPS) is 13.7. The third-order valence-corrected chi connectivity index (χ3v) is 8.62. The first-order valence-corrected chi connectivity index (χ1v) is 14.1. The molecule has 0 radical (unpaired) electrons. The van der Waals surface area contributed by atoms with Crippen molar-refractivity contribution < 1.29 is 0 Å². The van der Waals surface area contributed by atoms with Gasteiger partial charge in [-0.3, -0.25) is 0 Å². The van der Waals surface area contributed by atoms with Crippen LogP contribution in [-0.2, 0) is 6.16 Å². The Morgan fingerprint density at radius 3 is 1.74 bits per heavy atom. The Morgan fingerprint density at radius 1 is 0.739 bits per heavy atom. The molecule has 0 spiro atoms. The topological polar surface area (TPSA) is 0 Å². The predicted octanol–water partition coefficient (Wildman–Crippen LogP) is 8.07. The van der Waals surface area contributed by atoms with Crippen molar-refractivity contribution in [3.63, 3.8) is 0 Å². The fourth-order valence-corrected chi connectivity index (χ4v) is 6.78. The van der Waals surface area contributed by atoms with E-state index < -0.39 is 5.96 Å². The van der Waals surface area contributed by atoms with Gasteiger partial charge in [0.1, 0.15) is 0 Å². The van der Waals surface area contributed by atoms with Crippen LogP contribution in [0.25, 0.3) is 0 Å². The summed E-state index contributed by atoms with van der Waals surface area (Å²) >= 11 is 7.07. The number of hydrogen-bond donors (Lipinski definition) is 0. The van der Waals surface area contributed by atoms with Gasteiger partial charge < -0.3 is 0 Å². The van der Waals surface area contributed by atoms with Crippen LogP contribution in [0, 0.1) is 0 Å². The maximum atomic E-state index is 7.07. The van der Waals surface area contributed by atoms with E-state index in [1.165, 1.54) is 75.9 Å². The number of benzene rings is 1. The van der Waals surface area contributed by atoms with Crippen LogP contribution in [0.15, 0.2) is 30.3 Å². The van der Waals surface area contributed by atoms with Crippen molar-refractivity contribution in [3.8, 4) is 0 Å². The molecule has 1 aromatic carbocycles. The molecular formula is C21H38ClP. The van der Waals surface area contributed by atoms with Gasteiger partial charge in [-0.15, -0.1) is 0 Å². The SMILES string of the molecule is CCCCCCCCCCCCP(C)(C)(Cl)Cc1ccccc1. The van der Waals surface area contributed by atoms with Crippen molar-refractivity contribution in [2.24, 2.45) is 0 Å². The molecule has 134 valence electrons. The molecule has 0 nitrogen and oxygen atoms in total. The number of hydrogen-bond acceptors (Lipinski definition) is 0. The summed E-state index contributed by atoms with van der Waals surface area (Å²) in [6, 6.07) is 10.8. The first kappa shape index (κ1) is 21.0. The molecule has 0 saturated carbocycles. The van der Waals surface area contributed by atoms with E-state index in [0.717, 1.165) is 6.16 Å². The zero-order valence-corrected chi connectivity index (χ0v) is 17.3. The molecule has 23 heavy (non-hydrogen) atoms. The van der Waals surface area contributed by atoms with E-state index in [0.29, 0.717) is 0 Å². The minimum absolute atomic E-state index is 1.07. The Balaban J connectivity index is 2.11. The Bertz CT molecular complexity index is 405. The molecule has 0 aliphatic rings. The van der Waals surface area contributed by atoms with E-state index in [9.17, 15) is 0 Å². The number of unbranched alkanes of at least 4 members (excludes halogenated alkanes) is 9. The molecule has 0 aromatic heterocycles. The molecule has 0 unspecified atom stereocenters. The summed E-state index contributed by atoms with van der Waals surface area (Å²) in [4.78, 5) is 0. The molecule has 1 rings (SSSR count). The first-order chi connectivity index (χ1) is 10.9. The molecule has 2 heteroatoms. The monoisotopic (exact) mass is 356 g/mol. The van der Waals surface area contributed by atoms with E-state index in [4.69, 9.17) is 11.2 Å². The molecule has 0 atom stereocenters. The average Bonchev–Trinajstić information content (AvgIpc) is 2.49. The maximum absolute atomic E-state index is 7.07. The Kier molecular flexibility index (Phi) is 9.79. The fraction of sp³-hybridized carbons (Fsp3) is 0.714. The van der Waals surface area contributed by atoms with Crippen LogP contribution in [0.2, 0.25) is 0 Å². The summed E-state index contributed by atoms with van der Waals surface area (Å²) in [7, 11) is 0. The molecule has 0 aliphatic heterocycles. The van der Waals surface area contributed by atoms with Gasteiger partial charge in [0.2, 0.25) is 0 Å². The second-order valence-electron chi connectivity index (χ2n) is 8.06. The first-order valence-electron chi connectivity index (χ1n) is 9.67. The third kappa shape index (κ3) is 11.2. The fourth-order valence-electron chi connectivity index (χ4n) is 3.31. The average molecular weight is 357 g/mol. The van der Waals surface area contributed by atoms with Crippen LogP contribution in [0.3, 0.4) is 0 Å². The van der Waals surface area contributed by atoms with E-state index >= 15 is 0 Å². The Labute approximate surface area is 150 Å². The zero-order valence-electron chi connectivity index (χ0n) is 15.7. The molecular weight excluding hydrogens is 319 g/mol. The van der Waals surface area contributed by atoms with Gasteiger partial charge in [0, 0.05) is 0 Å². The molecule has 0 aliphatic carbocycles. The molecule has 0 saturated heterocycles. The summed E-state index contributed by atoms with van der Waals surface area (Å²) in [5.41, 5.74) is 1.40. The van der Waals surface area contributed by atoms with Crippen molar-refractivity contribution in [2.45, 2.75) is 77.3 Å². The summed E-state index contributed by atoms with van der Waals surface area (Å²) in [6.45, 7) is 6.97. The van der Waals surface area contributed by atoms with Crippen LogP contribution < -0.4 is 0 Å². The van der Waals surface area contributed by atoms with Gasteiger partial charge in [-0.1, -0.05) is 0 Å². The van der Waals surface area contributed by atoms with Crippen molar-refractivity contribution in [1.82, 2.24) is 0 Å². The zero-order chi connectivity index (χ0) is 17.0. The predicted molar refractivity (Wildman–Crippen MR) is 111 cm³/mol. The van der Waals surface area contributed by atoms with Crippen molar-refractivity contribution in [2.75, 3.05) is 19.5 Å². The van der Waals surface area contributed by atoms with E-state index in [1.54, 1.807) is 0 Å². The van der Waals surface area contributed by atoms with Crippen molar-refractivity contribution >= 4 is 17.2 Å². The van der Waals surface area contributed by atoms with Gasteiger partial charge in [0.15, 0.2) is 0 Å². The second-order valence-corrected chi connectivity index (χ2v) is 17.3. The van der Waals surface area contributed by atoms with Gasteiger partial charge in [0.05, 0.1) is 0 Å². The molecule has 0 N–H and O–H groups in total. The third-order valence-electron chi connectivity index (χ3n) is 4.71. The standard InChI is InChI=1S/C21H38ClP/c1-4-5-6-7-8-9-10-11-12-16-19-23(2,3,22)20-21-17-14-13-15-18-21/h13-15,17-18H,4-12,16,19-20H2,1-3H3. The van der Waals surface area contributed by atoms with Crippen LogP contribution in [0.1, 0.15) is 76.7 Å². The van der Waals surface area contributed by atoms with E-state index in [1.807, 2.05) is 0 Å². The van der Waals surface area contributed by atoms with Crippen LogP contribution in [0.5, 0.6) is 0 Å². The van der Waals surface area contributed by atoms with Crippen molar-refractivity contribution in [1.29, 1.82) is 0 Å². The Morgan fingerprint density at radius 2 is 1.22 bits per heavy atom. The molecule has 0 bridgehead atoms. The summed E-state index contributed by atoms with van der Waals surface area (Å²) < 4.78 is 0. The van der Waals surface area contributed by atoms with Crippen LogP contribution in [-0.4, -0.2) is 19.5 Å². The summed E-state index contributed by atoms with van der Waals surface area (Å²) in [5, 5.41) is 0. The number of halogens is 1. The quantitative estimate of drug-likeness (QED) is 0.247. The Hall–Kier alpha value is -0.0600. The minimum atomic E-state index is -2.03. The van der Waals surface area contributed by atoms with Crippen LogP contribution >= 0.6 is 17.2 Å². The molecule has 0 fully saturated rings. The second kappa shape index (κ2) is 10.7. The van der Waals surface area contributed by atoms with Gasteiger partial charge in [-0.05, 0) is 0 Å². The molecule has 1 aromatic rings. The van der Waals surface area contributed by atoms with Gasteiger partial charge in [0.25, 0.3) is 0 Å². The van der Waals surface area contributed by atoms with Gasteiger partial charge in [-0.25, -0.2) is 0 Å².